The van der Waals surface area contributed by atoms with Gasteiger partial charge in [-0.05, 0) is 36.2 Å². The molecule has 0 unspecified atom stereocenters. The molecule has 2 amide bonds. The highest BCUT2D eigenvalue weighted by Gasteiger charge is 2.34. The zero-order chi connectivity index (χ0) is 23.8. The van der Waals surface area contributed by atoms with Crippen LogP contribution in [-0.2, 0) is 23.1 Å². The Kier molecular flexibility index (Phi) is 5.97. The van der Waals surface area contributed by atoms with Crippen LogP contribution in [0.2, 0.25) is 5.02 Å². The molecule has 0 saturated heterocycles. The molecule has 1 aliphatic rings. The lowest BCUT2D eigenvalue weighted by Gasteiger charge is -2.33. The van der Waals surface area contributed by atoms with Gasteiger partial charge in [0.2, 0.25) is 11.0 Å². The smallest absolute Gasteiger partial charge is 0.268 e. The highest BCUT2D eigenvalue weighted by molar-refractivity contribution is 7.15. The van der Waals surface area contributed by atoms with E-state index >= 15 is 0 Å². The molecule has 0 radical (unpaired) electrons. The van der Waals surface area contributed by atoms with Gasteiger partial charge in [0.15, 0.2) is 6.10 Å². The molecule has 0 bridgehead atoms. The number of fused-ring (bicyclic) bond motifs is 2. The van der Waals surface area contributed by atoms with Gasteiger partial charge in [-0.2, -0.15) is 0 Å². The Hall–Kier alpha value is -3.43. The number of carbonyl (C=O) groups is 2. The molecule has 2 aromatic carbocycles. The van der Waals surface area contributed by atoms with Crippen molar-refractivity contribution in [1.29, 1.82) is 0 Å². The highest BCUT2D eigenvalue weighted by Crippen LogP contribution is 2.36. The molecule has 174 valence electrons. The number of anilines is 2. The minimum absolute atomic E-state index is 0.176. The lowest BCUT2D eigenvalue weighted by Crippen LogP contribution is -2.48. The maximum Gasteiger partial charge on any atom is 0.268 e. The number of nitrogens with zero attached hydrogens (tertiary/aromatic N) is 4. The van der Waals surface area contributed by atoms with Crippen LogP contribution in [0.5, 0.6) is 5.75 Å². The van der Waals surface area contributed by atoms with Gasteiger partial charge in [-0.25, -0.2) is 0 Å². The number of amides is 2. The molecule has 1 aliphatic heterocycles. The largest absolute Gasteiger partial charge is 0.478 e. The van der Waals surface area contributed by atoms with Crippen LogP contribution < -0.4 is 15.0 Å². The van der Waals surface area contributed by atoms with Crippen LogP contribution in [0.25, 0.3) is 10.9 Å². The van der Waals surface area contributed by atoms with Crippen molar-refractivity contribution in [2.75, 3.05) is 16.8 Å². The van der Waals surface area contributed by atoms with E-state index in [1.165, 1.54) is 21.6 Å². The molecule has 0 aliphatic carbocycles. The molecule has 1 N–H and O–H groups in total. The molecule has 34 heavy (non-hydrogen) atoms. The second kappa shape index (κ2) is 9.08. The van der Waals surface area contributed by atoms with E-state index in [4.69, 9.17) is 16.3 Å². The summed E-state index contributed by atoms with van der Waals surface area (Å²) in [6.45, 7) is 1.69. The van der Waals surface area contributed by atoms with Crippen LogP contribution in [0, 0.1) is 0 Å². The van der Waals surface area contributed by atoms with Crippen LogP contribution in [0.1, 0.15) is 23.9 Å². The maximum atomic E-state index is 12.9. The van der Waals surface area contributed by atoms with Gasteiger partial charge in [0.1, 0.15) is 17.3 Å². The van der Waals surface area contributed by atoms with Gasteiger partial charge in [0.05, 0.1) is 5.69 Å². The predicted octanol–water partition coefficient (Wildman–Crippen LogP) is 4.42. The third-order valence-corrected chi connectivity index (χ3v) is 6.80. The minimum Gasteiger partial charge on any atom is -0.478 e. The predicted molar refractivity (Wildman–Crippen MR) is 133 cm³/mol. The number of para-hydroxylation sites is 1. The highest BCUT2D eigenvalue weighted by atomic mass is 35.5. The minimum atomic E-state index is -0.643. The molecule has 5 rings (SSSR count). The zero-order valence-electron chi connectivity index (χ0n) is 18.6. The number of aryl methyl sites for hydroxylation is 1. The van der Waals surface area contributed by atoms with Gasteiger partial charge >= 0.3 is 0 Å². The fraction of sp³-hybridized carbons (Fsp3) is 0.250. The number of ether oxygens (including phenoxy) is 1. The fourth-order valence-electron chi connectivity index (χ4n) is 4.13. The molecule has 4 aromatic rings. The van der Waals surface area contributed by atoms with Crippen molar-refractivity contribution in [3.63, 3.8) is 0 Å². The molecule has 0 fully saturated rings. The SMILES string of the molecule is CC[C@@H]1Oc2ccc(Cl)cc2N(CC(=O)Nc2nnc(Cc3cn(C)c4ccccc34)s2)C1=O. The fourth-order valence-corrected chi connectivity index (χ4v) is 5.07. The van der Waals surface area contributed by atoms with Crippen LogP contribution in [0.3, 0.4) is 0 Å². The lowest BCUT2D eigenvalue weighted by molar-refractivity contribution is -0.128. The summed E-state index contributed by atoms with van der Waals surface area (Å²) >= 11 is 7.44. The normalized spacial score (nSPS) is 15.3. The zero-order valence-corrected chi connectivity index (χ0v) is 20.2. The average Bonchev–Trinajstić information content (AvgIpc) is 3.39. The first-order valence-corrected chi connectivity index (χ1v) is 12.0. The van der Waals surface area contributed by atoms with E-state index in [0.717, 1.165) is 16.1 Å². The quantitative estimate of drug-likeness (QED) is 0.428. The van der Waals surface area contributed by atoms with Crippen molar-refractivity contribution < 1.29 is 14.3 Å². The van der Waals surface area contributed by atoms with Crippen molar-refractivity contribution in [2.45, 2.75) is 25.9 Å². The Morgan fingerprint density at radius 3 is 2.88 bits per heavy atom. The first kappa shape index (κ1) is 22.4. The Morgan fingerprint density at radius 1 is 1.24 bits per heavy atom. The third kappa shape index (κ3) is 4.24. The number of nitrogens with one attached hydrogen (secondary N) is 1. The van der Waals surface area contributed by atoms with Gasteiger partial charge in [0, 0.05) is 35.6 Å². The standard InChI is InChI=1S/C24H22ClN5O3S/c1-3-19-23(32)30(18-11-15(25)8-9-20(18)33-19)13-21(31)26-24-28-27-22(34-24)10-14-12-29(2)17-7-5-4-6-16(14)17/h4-9,11-12,19H,3,10,13H2,1-2H3,(H,26,28,31)/t19-/m0/s1. The van der Waals surface area contributed by atoms with Crippen molar-refractivity contribution >= 4 is 56.5 Å². The van der Waals surface area contributed by atoms with E-state index in [-0.39, 0.29) is 18.4 Å². The van der Waals surface area contributed by atoms with Crippen LogP contribution in [-0.4, -0.2) is 39.2 Å². The van der Waals surface area contributed by atoms with E-state index in [1.54, 1.807) is 18.2 Å². The summed E-state index contributed by atoms with van der Waals surface area (Å²) in [7, 11) is 2.01. The molecule has 10 heteroatoms. The van der Waals surface area contributed by atoms with Gasteiger partial charge in [0.25, 0.3) is 5.91 Å². The number of halogens is 1. The summed E-state index contributed by atoms with van der Waals surface area (Å²) < 4.78 is 7.85. The average molecular weight is 496 g/mol. The Balaban J connectivity index is 1.30. The second-order valence-electron chi connectivity index (χ2n) is 8.06. The van der Waals surface area contributed by atoms with E-state index < -0.39 is 6.10 Å². The van der Waals surface area contributed by atoms with Crippen LogP contribution >= 0.6 is 22.9 Å². The van der Waals surface area contributed by atoms with E-state index in [1.807, 2.05) is 26.1 Å². The molecule has 2 aromatic heterocycles. The Morgan fingerprint density at radius 2 is 2.06 bits per heavy atom. The Bertz CT molecular complexity index is 1400. The molecule has 1 atom stereocenters. The number of benzene rings is 2. The summed E-state index contributed by atoms with van der Waals surface area (Å²) in [6, 6.07) is 13.2. The summed E-state index contributed by atoms with van der Waals surface area (Å²) in [4.78, 5) is 27.1. The molecule has 0 spiro atoms. The van der Waals surface area contributed by atoms with Crippen molar-refractivity contribution in [3.8, 4) is 5.75 Å². The summed E-state index contributed by atoms with van der Waals surface area (Å²) in [5.74, 6) is -0.123. The topological polar surface area (TPSA) is 89.3 Å². The monoisotopic (exact) mass is 495 g/mol. The van der Waals surface area contributed by atoms with Crippen molar-refractivity contribution in [1.82, 2.24) is 14.8 Å². The molecule has 0 saturated carbocycles. The maximum absolute atomic E-state index is 12.9. The second-order valence-corrected chi connectivity index (χ2v) is 9.56. The molecule has 3 heterocycles. The Labute approximate surface area is 205 Å². The summed E-state index contributed by atoms with van der Waals surface area (Å²) in [5, 5.41) is 13.9. The molecular weight excluding hydrogens is 474 g/mol. The van der Waals surface area contributed by atoms with E-state index in [2.05, 4.69) is 38.4 Å². The van der Waals surface area contributed by atoms with E-state index in [0.29, 0.717) is 34.4 Å². The number of aromatic nitrogens is 3. The van der Waals surface area contributed by atoms with Gasteiger partial charge in [-0.3, -0.25) is 19.8 Å². The first-order valence-electron chi connectivity index (χ1n) is 10.9. The van der Waals surface area contributed by atoms with Crippen LogP contribution in [0.15, 0.2) is 48.7 Å². The number of carbonyl (C=O) groups excluding carboxylic acids is 2. The van der Waals surface area contributed by atoms with Gasteiger partial charge in [-0.1, -0.05) is 48.1 Å². The van der Waals surface area contributed by atoms with Gasteiger partial charge < -0.3 is 9.30 Å². The van der Waals surface area contributed by atoms with E-state index in [9.17, 15) is 9.59 Å². The number of hydrogen-bond donors (Lipinski definition) is 1. The van der Waals surface area contributed by atoms with Gasteiger partial charge in [-0.15, -0.1) is 10.2 Å². The number of rotatable bonds is 6. The van der Waals surface area contributed by atoms with Crippen molar-refractivity contribution in [3.05, 3.63) is 64.3 Å². The summed E-state index contributed by atoms with van der Waals surface area (Å²) in [5.41, 5.74) is 2.77. The summed E-state index contributed by atoms with van der Waals surface area (Å²) in [6.07, 6.45) is 2.55. The number of hydrogen-bond acceptors (Lipinski definition) is 6. The molecule has 8 nitrogen and oxygen atoms in total. The lowest BCUT2D eigenvalue weighted by atomic mass is 10.1. The van der Waals surface area contributed by atoms with Crippen LogP contribution in [0.4, 0.5) is 10.8 Å². The molecular formula is C24H22ClN5O3S. The van der Waals surface area contributed by atoms with Crippen molar-refractivity contribution in [2.24, 2.45) is 7.05 Å². The first-order chi connectivity index (χ1) is 16.4. The third-order valence-electron chi connectivity index (χ3n) is 5.73.